The van der Waals surface area contributed by atoms with Crippen molar-refractivity contribution in [3.8, 4) is 0 Å². The van der Waals surface area contributed by atoms with Gasteiger partial charge in [0.1, 0.15) is 17.4 Å². The normalized spacial score (nSPS) is 19.5. The summed E-state index contributed by atoms with van der Waals surface area (Å²) >= 11 is 0. The Bertz CT molecular complexity index is 805. The maximum absolute atomic E-state index is 4.57. The van der Waals surface area contributed by atoms with E-state index in [4.69, 9.17) is 0 Å². The molecule has 1 N–H and O–H groups in total. The van der Waals surface area contributed by atoms with Gasteiger partial charge in [-0.1, -0.05) is 18.6 Å². The van der Waals surface area contributed by atoms with Crippen LogP contribution in [0.2, 0.25) is 0 Å². The summed E-state index contributed by atoms with van der Waals surface area (Å²) in [6, 6.07) is 6.46. The quantitative estimate of drug-likeness (QED) is 0.740. The molecule has 0 saturated carbocycles. The summed E-state index contributed by atoms with van der Waals surface area (Å²) in [5, 5.41) is 1.19. The Balaban J connectivity index is 1.91. The maximum atomic E-state index is 4.57. The summed E-state index contributed by atoms with van der Waals surface area (Å²) in [4.78, 5) is 15.0. The Morgan fingerprint density at radius 1 is 1.29 bits per heavy atom. The van der Waals surface area contributed by atoms with Gasteiger partial charge in [-0.05, 0) is 37.8 Å². The molecule has 108 valence electrons. The molecule has 1 aliphatic heterocycles. The van der Waals surface area contributed by atoms with Crippen LogP contribution in [-0.4, -0.2) is 28.0 Å². The standard InChI is InChI=1S/C17H20N4/c1-11-5-6-14-13(8-11)15-16(20-14)17(19-10-18-15)21-7-3-4-12(2)9-21/h5-6,8,10,12,20H,3-4,7,9H2,1-2H3/t12-/m0/s1. The molecule has 1 atom stereocenters. The number of benzene rings is 1. The third-order valence-corrected chi connectivity index (χ3v) is 4.47. The molecule has 3 aromatic rings. The van der Waals surface area contributed by atoms with E-state index in [0.29, 0.717) is 0 Å². The molecule has 1 fully saturated rings. The van der Waals surface area contributed by atoms with Gasteiger partial charge in [0.05, 0.1) is 0 Å². The lowest BCUT2D eigenvalue weighted by atomic mass is 10.0. The maximum Gasteiger partial charge on any atom is 0.156 e. The number of H-pyrrole nitrogens is 1. The van der Waals surface area contributed by atoms with Crippen molar-refractivity contribution in [3.63, 3.8) is 0 Å². The van der Waals surface area contributed by atoms with Crippen LogP contribution in [0.15, 0.2) is 24.5 Å². The number of rotatable bonds is 1. The van der Waals surface area contributed by atoms with Gasteiger partial charge in [0.2, 0.25) is 0 Å². The molecule has 0 amide bonds. The van der Waals surface area contributed by atoms with E-state index in [9.17, 15) is 0 Å². The summed E-state index contributed by atoms with van der Waals surface area (Å²) in [6.07, 6.45) is 4.26. The van der Waals surface area contributed by atoms with Gasteiger partial charge in [0.25, 0.3) is 0 Å². The van der Waals surface area contributed by atoms with Crippen molar-refractivity contribution in [1.29, 1.82) is 0 Å². The topological polar surface area (TPSA) is 44.8 Å². The summed E-state index contributed by atoms with van der Waals surface area (Å²) < 4.78 is 0. The first-order valence-corrected chi connectivity index (χ1v) is 7.70. The zero-order valence-electron chi connectivity index (χ0n) is 12.6. The molecule has 1 aromatic carbocycles. The van der Waals surface area contributed by atoms with E-state index in [2.05, 4.69) is 51.9 Å². The lowest BCUT2D eigenvalue weighted by Crippen LogP contribution is -2.35. The smallest absolute Gasteiger partial charge is 0.156 e. The molecular weight excluding hydrogens is 260 g/mol. The lowest BCUT2D eigenvalue weighted by molar-refractivity contribution is 0.445. The van der Waals surface area contributed by atoms with Crippen LogP contribution >= 0.6 is 0 Å². The SMILES string of the molecule is Cc1ccc2[nH]c3c(N4CCC[C@H](C)C4)ncnc3c2c1. The number of nitrogens with one attached hydrogen (secondary N) is 1. The largest absolute Gasteiger partial charge is 0.355 e. The molecule has 4 nitrogen and oxygen atoms in total. The van der Waals surface area contributed by atoms with Crippen molar-refractivity contribution in [1.82, 2.24) is 15.0 Å². The minimum atomic E-state index is 0.732. The minimum Gasteiger partial charge on any atom is -0.355 e. The predicted molar refractivity (Wildman–Crippen MR) is 86.7 cm³/mol. The Kier molecular flexibility index (Phi) is 2.84. The fourth-order valence-electron chi connectivity index (χ4n) is 3.41. The monoisotopic (exact) mass is 280 g/mol. The van der Waals surface area contributed by atoms with Gasteiger partial charge in [-0.3, -0.25) is 0 Å². The van der Waals surface area contributed by atoms with Crippen LogP contribution < -0.4 is 4.90 Å². The third-order valence-electron chi connectivity index (χ3n) is 4.47. The number of anilines is 1. The molecule has 21 heavy (non-hydrogen) atoms. The zero-order valence-corrected chi connectivity index (χ0v) is 12.6. The molecule has 1 aliphatic rings. The van der Waals surface area contributed by atoms with Crippen molar-refractivity contribution >= 4 is 27.8 Å². The van der Waals surface area contributed by atoms with Crippen LogP contribution in [0.3, 0.4) is 0 Å². The number of aromatic amines is 1. The Labute approximate surface area is 124 Å². The highest BCUT2D eigenvalue weighted by molar-refractivity contribution is 6.08. The second-order valence-electron chi connectivity index (χ2n) is 6.29. The van der Waals surface area contributed by atoms with E-state index in [1.165, 1.54) is 23.8 Å². The van der Waals surface area contributed by atoms with E-state index in [-0.39, 0.29) is 0 Å². The van der Waals surface area contributed by atoms with Crippen molar-refractivity contribution < 1.29 is 0 Å². The number of hydrogen-bond acceptors (Lipinski definition) is 3. The second kappa shape index (κ2) is 4.72. The van der Waals surface area contributed by atoms with Gasteiger partial charge in [0, 0.05) is 24.0 Å². The van der Waals surface area contributed by atoms with E-state index < -0.39 is 0 Å². The highest BCUT2D eigenvalue weighted by atomic mass is 15.2. The zero-order chi connectivity index (χ0) is 14.4. The highest BCUT2D eigenvalue weighted by Crippen LogP contribution is 2.31. The van der Waals surface area contributed by atoms with E-state index >= 15 is 0 Å². The third kappa shape index (κ3) is 2.06. The number of aryl methyl sites for hydroxylation is 1. The molecule has 0 bridgehead atoms. The minimum absolute atomic E-state index is 0.732. The average Bonchev–Trinajstić information content (AvgIpc) is 2.85. The number of piperidine rings is 1. The first-order valence-electron chi connectivity index (χ1n) is 7.70. The van der Waals surface area contributed by atoms with Gasteiger partial charge in [-0.15, -0.1) is 0 Å². The van der Waals surface area contributed by atoms with Crippen LogP contribution in [0, 0.1) is 12.8 Å². The summed E-state index contributed by atoms with van der Waals surface area (Å²) in [5.41, 5.74) is 4.52. The first-order chi connectivity index (χ1) is 10.2. The van der Waals surface area contributed by atoms with E-state index in [0.717, 1.165) is 41.4 Å². The molecule has 2 aromatic heterocycles. The molecule has 0 unspecified atom stereocenters. The van der Waals surface area contributed by atoms with Gasteiger partial charge < -0.3 is 9.88 Å². The summed E-state index contributed by atoms with van der Waals surface area (Å²) in [6.45, 7) is 6.61. The van der Waals surface area contributed by atoms with Crippen LogP contribution in [0.25, 0.3) is 21.9 Å². The van der Waals surface area contributed by atoms with Crippen LogP contribution in [-0.2, 0) is 0 Å². The fraction of sp³-hybridized carbons (Fsp3) is 0.412. The Morgan fingerprint density at radius 3 is 3.05 bits per heavy atom. The molecule has 4 rings (SSSR count). The van der Waals surface area contributed by atoms with Crippen molar-refractivity contribution in [2.75, 3.05) is 18.0 Å². The highest BCUT2D eigenvalue weighted by Gasteiger charge is 2.21. The lowest BCUT2D eigenvalue weighted by Gasteiger charge is -2.31. The van der Waals surface area contributed by atoms with Crippen LogP contribution in [0.4, 0.5) is 5.82 Å². The molecule has 0 aliphatic carbocycles. The van der Waals surface area contributed by atoms with Crippen LogP contribution in [0.5, 0.6) is 0 Å². The number of aromatic nitrogens is 3. The van der Waals surface area contributed by atoms with Gasteiger partial charge in [-0.25, -0.2) is 9.97 Å². The predicted octanol–water partition coefficient (Wildman–Crippen LogP) is 3.66. The number of nitrogens with zero attached hydrogens (tertiary/aromatic N) is 3. The molecule has 3 heterocycles. The molecule has 0 spiro atoms. The van der Waals surface area contributed by atoms with Crippen molar-refractivity contribution in [3.05, 3.63) is 30.1 Å². The van der Waals surface area contributed by atoms with E-state index in [1.807, 2.05) is 0 Å². The van der Waals surface area contributed by atoms with Gasteiger partial charge in [-0.2, -0.15) is 0 Å². The van der Waals surface area contributed by atoms with Crippen molar-refractivity contribution in [2.45, 2.75) is 26.7 Å². The van der Waals surface area contributed by atoms with Crippen LogP contribution in [0.1, 0.15) is 25.3 Å². The Morgan fingerprint density at radius 2 is 2.19 bits per heavy atom. The summed E-state index contributed by atoms with van der Waals surface area (Å²) in [5.74, 6) is 1.79. The van der Waals surface area contributed by atoms with Gasteiger partial charge >= 0.3 is 0 Å². The average molecular weight is 280 g/mol. The first kappa shape index (κ1) is 12.6. The molecule has 4 heteroatoms. The second-order valence-corrected chi connectivity index (χ2v) is 6.29. The molecule has 0 radical (unpaired) electrons. The van der Waals surface area contributed by atoms with Crippen molar-refractivity contribution in [2.24, 2.45) is 5.92 Å². The molecular formula is C17H20N4. The number of hydrogen-bond donors (Lipinski definition) is 1. The number of fused-ring (bicyclic) bond motifs is 3. The Hall–Kier alpha value is -2.10. The summed E-state index contributed by atoms with van der Waals surface area (Å²) in [7, 11) is 0. The molecule has 1 saturated heterocycles. The fourth-order valence-corrected chi connectivity index (χ4v) is 3.41. The van der Waals surface area contributed by atoms with E-state index in [1.54, 1.807) is 6.33 Å². The van der Waals surface area contributed by atoms with Gasteiger partial charge in [0.15, 0.2) is 5.82 Å².